The van der Waals surface area contributed by atoms with Crippen molar-refractivity contribution in [2.75, 3.05) is 5.32 Å². The highest BCUT2D eigenvalue weighted by Gasteiger charge is 2.08. The van der Waals surface area contributed by atoms with Crippen molar-refractivity contribution in [1.29, 1.82) is 0 Å². The fourth-order valence-corrected chi connectivity index (χ4v) is 2.05. The van der Waals surface area contributed by atoms with Crippen LogP contribution >= 0.6 is 0 Å². The Kier molecular flexibility index (Phi) is 3.05. The number of carbonyl (C=O) groups is 1. The minimum absolute atomic E-state index is 0.241. The molecule has 0 unspecified atom stereocenters. The molecule has 0 saturated carbocycles. The van der Waals surface area contributed by atoms with E-state index in [2.05, 4.69) is 10.3 Å². The molecule has 2 N–H and O–H groups in total. The van der Waals surface area contributed by atoms with E-state index in [0.717, 1.165) is 10.8 Å². The zero-order valence-electron chi connectivity index (χ0n) is 10.6. The van der Waals surface area contributed by atoms with Gasteiger partial charge in [-0.15, -0.1) is 0 Å². The molecule has 0 radical (unpaired) electrons. The van der Waals surface area contributed by atoms with Gasteiger partial charge in [0.15, 0.2) is 0 Å². The number of carbonyl (C=O) groups excluding carboxylic acids is 1. The van der Waals surface area contributed by atoms with Gasteiger partial charge in [0.1, 0.15) is 5.69 Å². The third-order valence-corrected chi connectivity index (χ3v) is 3.08. The van der Waals surface area contributed by atoms with Gasteiger partial charge in [0.05, 0.1) is 0 Å². The summed E-state index contributed by atoms with van der Waals surface area (Å²) in [5, 5.41) is 4.67. The fourth-order valence-electron chi connectivity index (χ4n) is 2.05. The molecule has 3 aromatic rings. The molecule has 2 aromatic carbocycles. The first-order valence-electron chi connectivity index (χ1n) is 6.22. The Labute approximate surface area is 115 Å². The molecule has 20 heavy (non-hydrogen) atoms. The van der Waals surface area contributed by atoms with E-state index in [4.69, 9.17) is 0 Å². The number of nitrogens with one attached hydrogen (secondary N) is 2. The second-order valence-electron chi connectivity index (χ2n) is 4.43. The highest BCUT2D eigenvalue weighted by Crippen LogP contribution is 2.16. The Hall–Kier alpha value is -2.88. The second-order valence-corrected chi connectivity index (χ2v) is 4.43. The van der Waals surface area contributed by atoms with E-state index >= 15 is 0 Å². The van der Waals surface area contributed by atoms with E-state index in [1.165, 1.54) is 6.20 Å². The van der Waals surface area contributed by atoms with Crippen LogP contribution in [0.15, 0.2) is 65.6 Å². The van der Waals surface area contributed by atoms with Gasteiger partial charge < -0.3 is 10.3 Å². The molecule has 3 rings (SSSR count). The maximum atomic E-state index is 12.1. The third kappa shape index (κ3) is 2.31. The Morgan fingerprint density at radius 1 is 0.950 bits per heavy atom. The number of hydrogen-bond acceptors (Lipinski definition) is 2. The number of hydrogen-bond donors (Lipinski definition) is 2. The second kappa shape index (κ2) is 5.01. The van der Waals surface area contributed by atoms with Crippen LogP contribution in [0.5, 0.6) is 0 Å². The van der Waals surface area contributed by atoms with E-state index in [1.807, 2.05) is 36.4 Å². The molecule has 1 heterocycles. The lowest BCUT2D eigenvalue weighted by Gasteiger charge is -2.05. The molecule has 4 nitrogen and oxygen atoms in total. The van der Waals surface area contributed by atoms with E-state index in [9.17, 15) is 9.59 Å². The standard InChI is InChI=1S/C16H12N2O2/c19-15(18-14-6-3-9-17-16(14)20)13-8-7-11-4-1-2-5-12(11)10-13/h1-10H,(H,17,20)(H,18,19). The van der Waals surface area contributed by atoms with Crippen LogP contribution < -0.4 is 10.9 Å². The van der Waals surface area contributed by atoms with E-state index < -0.39 is 0 Å². The molecular weight excluding hydrogens is 252 g/mol. The number of aromatic nitrogens is 1. The average Bonchev–Trinajstić information content (AvgIpc) is 2.49. The van der Waals surface area contributed by atoms with Gasteiger partial charge >= 0.3 is 0 Å². The molecule has 0 spiro atoms. The predicted octanol–water partition coefficient (Wildman–Crippen LogP) is 2.78. The molecule has 0 atom stereocenters. The highest BCUT2D eigenvalue weighted by atomic mass is 16.2. The molecule has 0 bridgehead atoms. The maximum Gasteiger partial charge on any atom is 0.271 e. The van der Waals surface area contributed by atoms with Crippen molar-refractivity contribution in [3.63, 3.8) is 0 Å². The normalized spacial score (nSPS) is 10.4. The van der Waals surface area contributed by atoms with Gasteiger partial charge in [0.2, 0.25) is 0 Å². The molecular formula is C16H12N2O2. The van der Waals surface area contributed by atoms with Crippen LogP contribution in [0.4, 0.5) is 5.69 Å². The van der Waals surface area contributed by atoms with Crippen molar-refractivity contribution in [1.82, 2.24) is 4.98 Å². The Balaban J connectivity index is 1.93. The molecule has 4 heteroatoms. The van der Waals surface area contributed by atoms with Gasteiger partial charge in [-0.2, -0.15) is 0 Å². The SMILES string of the molecule is O=C(Nc1ccc[nH]c1=O)c1ccc2ccccc2c1. The van der Waals surface area contributed by atoms with Crippen molar-refractivity contribution in [2.45, 2.75) is 0 Å². The summed E-state index contributed by atoms with van der Waals surface area (Å²) >= 11 is 0. The quantitative estimate of drug-likeness (QED) is 0.747. The maximum absolute atomic E-state index is 12.1. The number of pyridine rings is 1. The predicted molar refractivity (Wildman–Crippen MR) is 79.0 cm³/mol. The van der Waals surface area contributed by atoms with Gasteiger partial charge in [-0.05, 0) is 35.0 Å². The lowest BCUT2D eigenvalue weighted by molar-refractivity contribution is 0.102. The van der Waals surface area contributed by atoms with Crippen LogP contribution in [0.25, 0.3) is 10.8 Å². The summed E-state index contributed by atoms with van der Waals surface area (Å²) in [4.78, 5) is 26.2. The third-order valence-electron chi connectivity index (χ3n) is 3.08. The van der Waals surface area contributed by atoms with Gasteiger partial charge in [0.25, 0.3) is 11.5 Å². The van der Waals surface area contributed by atoms with Crippen LogP contribution in [0.2, 0.25) is 0 Å². The number of anilines is 1. The van der Waals surface area contributed by atoms with E-state index in [0.29, 0.717) is 5.56 Å². The fraction of sp³-hybridized carbons (Fsp3) is 0. The summed E-state index contributed by atoms with van der Waals surface area (Å²) < 4.78 is 0. The van der Waals surface area contributed by atoms with Crippen molar-refractivity contribution < 1.29 is 4.79 Å². The molecule has 0 saturated heterocycles. The van der Waals surface area contributed by atoms with Crippen molar-refractivity contribution in [2.24, 2.45) is 0 Å². The smallest absolute Gasteiger partial charge is 0.271 e. The number of H-pyrrole nitrogens is 1. The van der Waals surface area contributed by atoms with Crippen molar-refractivity contribution in [3.8, 4) is 0 Å². The summed E-state index contributed by atoms with van der Waals surface area (Å²) in [7, 11) is 0. The van der Waals surface area contributed by atoms with Crippen LogP contribution in [0.1, 0.15) is 10.4 Å². The zero-order valence-corrected chi connectivity index (χ0v) is 10.6. The van der Waals surface area contributed by atoms with Crippen molar-refractivity contribution in [3.05, 3.63) is 76.7 Å². The monoisotopic (exact) mass is 264 g/mol. The minimum Gasteiger partial charge on any atom is -0.327 e. The van der Waals surface area contributed by atoms with Crippen LogP contribution in [-0.2, 0) is 0 Å². The lowest BCUT2D eigenvalue weighted by atomic mass is 10.1. The highest BCUT2D eigenvalue weighted by molar-refractivity contribution is 6.06. The summed E-state index contributed by atoms with van der Waals surface area (Å²) in [5.41, 5.74) is 0.444. The molecule has 0 aliphatic heterocycles. The van der Waals surface area contributed by atoms with Crippen LogP contribution in [0, 0.1) is 0 Å². The first kappa shape index (κ1) is 12.2. The van der Waals surface area contributed by atoms with Gasteiger partial charge in [-0.3, -0.25) is 9.59 Å². The average molecular weight is 264 g/mol. The topological polar surface area (TPSA) is 62.0 Å². The molecule has 0 aliphatic rings. The molecule has 0 aliphatic carbocycles. The molecule has 98 valence electrons. The number of benzene rings is 2. The molecule has 1 aromatic heterocycles. The van der Waals surface area contributed by atoms with Gasteiger partial charge in [-0.1, -0.05) is 30.3 Å². The first-order chi connectivity index (χ1) is 9.74. The van der Waals surface area contributed by atoms with Crippen molar-refractivity contribution >= 4 is 22.4 Å². The molecule has 0 fully saturated rings. The summed E-state index contributed by atoms with van der Waals surface area (Å²) in [6.45, 7) is 0. The Morgan fingerprint density at radius 2 is 1.75 bits per heavy atom. The summed E-state index contributed by atoms with van der Waals surface area (Å²) in [6, 6.07) is 16.5. The molecule has 1 amide bonds. The number of fused-ring (bicyclic) bond motifs is 1. The zero-order chi connectivity index (χ0) is 13.9. The number of amides is 1. The number of aromatic amines is 1. The number of rotatable bonds is 2. The minimum atomic E-state index is -0.318. The van der Waals surface area contributed by atoms with Crippen LogP contribution in [-0.4, -0.2) is 10.9 Å². The Morgan fingerprint density at radius 3 is 2.55 bits per heavy atom. The van der Waals surface area contributed by atoms with E-state index in [-0.39, 0.29) is 17.2 Å². The van der Waals surface area contributed by atoms with Gasteiger partial charge in [0, 0.05) is 11.8 Å². The summed E-state index contributed by atoms with van der Waals surface area (Å²) in [5.74, 6) is -0.299. The lowest BCUT2D eigenvalue weighted by Crippen LogP contribution is -2.19. The van der Waals surface area contributed by atoms with Crippen LogP contribution in [0.3, 0.4) is 0 Å². The van der Waals surface area contributed by atoms with E-state index in [1.54, 1.807) is 18.2 Å². The largest absolute Gasteiger partial charge is 0.327 e. The summed E-state index contributed by atoms with van der Waals surface area (Å²) in [6.07, 6.45) is 1.52. The first-order valence-corrected chi connectivity index (χ1v) is 6.22. The Bertz CT molecular complexity index is 837. The van der Waals surface area contributed by atoms with Gasteiger partial charge in [-0.25, -0.2) is 0 Å².